The van der Waals surface area contributed by atoms with Gasteiger partial charge in [-0.15, -0.1) is 11.6 Å². The zero-order valence-corrected chi connectivity index (χ0v) is 13.3. The molecule has 21 heavy (non-hydrogen) atoms. The van der Waals surface area contributed by atoms with Crippen molar-refractivity contribution in [1.29, 1.82) is 0 Å². The summed E-state index contributed by atoms with van der Waals surface area (Å²) in [6.45, 7) is 1.92. The zero-order chi connectivity index (χ0) is 14.7. The Morgan fingerprint density at radius 1 is 1.10 bits per heavy atom. The van der Waals surface area contributed by atoms with Crippen LogP contribution in [0, 0.1) is 11.8 Å². The Bertz CT molecular complexity index is 453. The Kier molecular flexibility index (Phi) is 4.84. The summed E-state index contributed by atoms with van der Waals surface area (Å²) in [6.07, 6.45) is 5.95. The second-order valence-electron chi connectivity index (χ2n) is 6.57. The molecule has 2 aliphatic heterocycles. The highest BCUT2D eigenvalue weighted by atomic mass is 35.5. The average molecular weight is 306 g/mol. The third kappa shape index (κ3) is 3.42. The smallest absolute Gasteiger partial charge is 0.230 e. The second-order valence-corrected chi connectivity index (χ2v) is 6.95. The standard InChI is InChI=1S/C18H24ClNO/c19-11-10-17(16-4-2-1-3-5-16)18(21)20-12-14-6-7-15(13-20)9-8-14/h1-5,14-15,17H,6-13H2. The predicted octanol–water partition coefficient (Wildman–Crippen LogP) is 4.05. The van der Waals surface area contributed by atoms with Crippen LogP contribution in [-0.4, -0.2) is 29.8 Å². The Hall–Kier alpha value is -1.02. The fourth-order valence-corrected chi connectivity index (χ4v) is 4.14. The van der Waals surface area contributed by atoms with Crippen molar-refractivity contribution >= 4 is 17.5 Å². The van der Waals surface area contributed by atoms with Crippen molar-refractivity contribution in [2.45, 2.75) is 38.0 Å². The summed E-state index contributed by atoms with van der Waals surface area (Å²) in [6, 6.07) is 10.1. The Morgan fingerprint density at radius 3 is 2.19 bits per heavy atom. The first-order valence-electron chi connectivity index (χ1n) is 8.17. The lowest BCUT2D eigenvalue weighted by Gasteiger charge is -2.27. The molecule has 3 aliphatic rings. The molecule has 4 rings (SSSR count). The molecule has 0 spiro atoms. The van der Waals surface area contributed by atoms with Crippen LogP contribution in [0.2, 0.25) is 0 Å². The summed E-state index contributed by atoms with van der Waals surface area (Å²) in [5.41, 5.74) is 1.11. The van der Waals surface area contributed by atoms with E-state index in [2.05, 4.69) is 17.0 Å². The first-order valence-corrected chi connectivity index (χ1v) is 8.71. The van der Waals surface area contributed by atoms with Gasteiger partial charge in [0.05, 0.1) is 5.92 Å². The minimum atomic E-state index is -0.0683. The minimum Gasteiger partial charge on any atom is -0.342 e. The number of nitrogens with zero attached hydrogens (tertiary/aromatic N) is 1. The van der Waals surface area contributed by atoms with Gasteiger partial charge in [-0.05, 0) is 49.5 Å². The van der Waals surface area contributed by atoms with Crippen LogP contribution in [0.3, 0.4) is 0 Å². The fraction of sp³-hybridized carbons (Fsp3) is 0.611. The van der Waals surface area contributed by atoms with Gasteiger partial charge in [0.1, 0.15) is 0 Å². The number of fused-ring (bicyclic) bond motifs is 4. The van der Waals surface area contributed by atoms with E-state index in [1.807, 2.05) is 18.2 Å². The van der Waals surface area contributed by atoms with Gasteiger partial charge in [0, 0.05) is 19.0 Å². The van der Waals surface area contributed by atoms with E-state index in [1.165, 1.54) is 25.7 Å². The van der Waals surface area contributed by atoms with Crippen LogP contribution in [-0.2, 0) is 4.79 Å². The van der Waals surface area contributed by atoms with E-state index in [4.69, 9.17) is 11.6 Å². The van der Waals surface area contributed by atoms with E-state index in [-0.39, 0.29) is 5.92 Å². The maximum absolute atomic E-state index is 13.0. The van der Waals surface area contributed by atoms with E-state index in [0.29, 0.717) is 11.8 Å². The third-order valence-electron chi connectivity index (χ3n) is 5.13. The van der Waals surface area contributed by atoms with Gasteiger partial charge in [0.15, 0.2) is 0 Å². The molecule has 2 bridgehead atoms. The average Bonchev–Trinajstić information content (AvgIpc) is 2.86. The minimum absolute atomic E-state index is 0.0683. The van der Waals surface area contributed by atoms with Gasteiger partial charge in [-0.25, -0.2) is 0 Å². The van der Waals surface area contributed by atoms with Crippen LogP contribution >= 0.6 is 11.6 Å². The molecule has 2 heterocycles. The number of hydrogen-bond acceptors (Lipinski definition) is 1. The molecule has 1 aromatic rings. The Balaban J connectivity index is 1.77. The van der Waals surface area contributed by atoms with E-state index in [0.717, 1.165) is 36.9 Å². The quantitative estimate of drug-likeness (QED) is 0.769. The van der Waals surface area contributed by atoms with Crippen molar-refractivity contribution in [3.05, 3.63) is 35.9 Å². The molecular formula is C18H24ClNO. The molecule has 0 aromatic heterocycles. The lowest BCUT2D eigenvalue weighted by atomic mass is 9.84. The topological polar surface area (TPSA) is 20.3 Å². The Labute approximate surface area is 132 Å². The number of carbonyl (C=O) groups is 1. The summed E-state index contributed by atoms with van der Waals surface area (Å²) >= 11 is 5.96. The van der Waals surface area contributed by atoms with Crippen LogP contribution in [0.5, 0.6) is 0 Å². The van der Waals surface area contributed by atoms with Crippen LogP contribution in [0.25, 0.3) is 0 Å². The first-order chi connectivity index (χ1) is 10.3. The highest BCUT2D eigenvalue weighted by Crippen LogP contribution is 2.35. The van der Waals surface area contributed by atoms with Crippen molar-refractivity contribution in [2.24, 2.45) is 11.8 Å². The molecule has 1 aromatic carbocycles. The molecule has 1 saturated carbocycles. The van der Waals surface area contributed by atoms with E-state index >= 15 is 0 Å². The summed E-state index contributed by atoms with van der Waals surface area (Å²) in [5, 5.41) is 0. The molecule has 1 aliphatic carbocycles. The van der Waals surface area contributed by atoms with Gasteiger partial charge in [0.2, 0.25) is 5.91 Å². The van der Waals surface area contributed by atoms with Crippen molar-refractivity contribution in [1.82, 2.24) is 4.90 Å². The van der Waals surface area contributed by atoms with Crippen molar-refractivity contribution in [3.8, 4) is 0 Å². The predicted molar refractivity (Wildman–Crippen MR) is 86.5 cm³/mol. The SMILES string of the molecule is O=C(C(CCCl)c1ccccc1)N1CC2CCC(CC2)C1. The highest BCUT2D eigenvalue weighted by Gasteiger charge is 2.34. The maximum atomic E-state index is 13.0. The van der Waals surface area contributed by atoms with Crippen LogP contribution in [0.1, 0.15) is 43.6 Å². The summed E-state index contributed by atoms with van der Waals surface area (Å²) in [4.78, 5) is 15.2. The molecule has 114 valence electrons. The number of hydrogen-bond donors (Lipinski definition) is 0. The number of benzene rings is 1. The van der Waals surface area contributed by atoms with Gasteiger partial charge in [0.25, 0.3) is 0 Å². The largest absolute Gasteiger partial charge is 0.342 e. The van der Waals surface area contributed by atoms with Gasteiger partial charge in [-0.3, -0.25) is 4.79 Å². The van der Waals surface area contributed by atoms with Gasteiger partial charge >= 0.3 is 0 Å². The van der Waals surface area contributed by atoms with Crippen molar-refractivity contribution in [3.63, 3.8) is 0 Å². The summed E-state index contributed by atoms with van der Waals surface area (Å²) in [5.74, 6) is 2.20. The molecule has 2 saturated heterocycles. The monoisotopic (exact) mass is 305 g/mol. The molecule has 1 atom stereocenters. The van der Waals surface area contributed by atoms with Crippen LogP contribution in [0.4, 0.5) is 0 Å². The van der Waals surface area contributed by atoms with Gasteiger partial charge < -0.3 is 4.90 Å². The lowest BCUT2D eigenvalue weighted by Crippen LogP contribution is -2.38. The molecule has 0 radical (unpaired) electrons. The molecule has 2 nitrogen and oxygen atoms in total. The maximum Gasteiger partial charge on any atom is 0.230 e. The lowest BCUT2D eigenvalue weighted by molar-refractivity contribution is -0.133. The van der Waals surface area contributed by atoms with E-state index < -0.39 is 0 Å². The van der Waals surface area contributed by atoms with Crippen LogP contribution < -0.4 is 0 Å². The number of rotatable bonds is 4. The van der Waals surface area contributed by atoms with Crippen molar-refractivity contribution in [2.75, 3.05) is 19.0 Å². The van der Waals surface area contributed by atoms with Gasteiger partial charge in [-0.1, -0.05) is 30.3 Å². The molecule has 3 heteroatoms. The highest BCUT2D eigenvalue weighted by molar-refractivity contribution is 6.18. The number of halogens is 1. The number of amides is 1. The summed E-state index contributed by atoms with van der Waals surface area (Å²) < 4.78 is 0. The first kappa shape index (κ1) is 14.9. The van der Waals surface area contributed by atoms with Gasteiger partial charge in [-0.2, -0.15) is 0 Å². The third-order valence-corrected chi connectivity index (χ3v) is 5.35. The molecule has 0 N–H and O–H groups in total. The zero-order valence-electron chi connectivity index (χ0n) is 12.5. The molecule has 3 fully saturated rings. The number of carbonyl (C=O) groups excluding carboxylic acids is 1. The van der Waals surface area contributed by atoms with E-state index in [1.54, 1.807) is 0 Å². The second kappa shape index (κ2) is 6.83. The fourth-order valence-electron chi connectivity index (χ4n) is 3.92. The molecule has 1 unspecified atom stereocenters. The Morgan fingerprint density at radius 2 is 1.67 bits per heavy atom. The summed E-state index contributed by atoms with van der Waals surface area (Å²) in [7, 11) is 0. The normalized spacial score (nSPS) is 26.4. The number of alkyl halides is 1. The van der Waals surface area contributed by atoms with Crippen molar-refractivity contribution < 1.29 is 4.79 Å². The molecular weight excluding hydrogens is 282 g/mol. The van der Waals surface area contributed by atoms with Crippen LogP contribution in [0.15, 0.2) is 30.3 Å². The molecule has 1 amide bonds. The van der Waals surface area contributed by atoms with E-state index in [9.17, 15) is 4.79 Å².